The Morgan fingerprint density at radius 3 is 2.71 bits per heavy atom. The predicted octanol–water partition coefficient (Wildman–Crippen LogP) is 1.28. The van der Waals surface area contributed by atoms with Crippen molar-refractivity contribution in [1.29, 1.82) is 0 Å². The van der Waals surface area contributed by atoms with Crippen molar-refractivity contribution in [2.75, 3.05) is 24.6 Å². The number of rotatable bonds is 8. The van der Waals surface area contributed by atoms with E-state index < -0.39 is 5.97 Å². The maximum absolute atomic E-state index is 12.1. The van der Waals surface area contributed by atoms with Gasteiger partial charge in [0.15, 0.2) is 0 Å². The van der Waals surface area contributed by atoms with Gasteiger partial charge in [-0.15, -0.1) is 11.8 Å². The Morgan fingerprint density at radius 2 is 2.04 bits per heavy atom. The number of nitrogens with zero attached hydrogens (tertiary/aromatic N) is 1. The van der Waals surface area contributed by atoms with Gasteiger partial charge < -0.3 is 15.3 Å². The van der Waals surface area contributed by atoms with Crippen LogP contribution in [0.1, 0.15) is 17.5 Å². The first kappa shape index (κ1) is 18.3. The van der Waals surface area contributed by atoms with Crippen LogP contribution >= 0.6 is 11.8 Å². The Kier molecular flexibility index (Phi) is 6.66. The largest absolute Gasteiger partial charge is 0.481 e. The molecule has 6 nitrogen and oxygen atoms in total. The molecule has 0 aliphatic carbocycles. The van der Waals surface area contributed by atoms with Crippen LogP contribution in [0.25, 0.3) is 0 Å². The van der Waals surface area contributed by atoms with Crippen molar-refractivity contribution in [3.63, 3.8) is 0 Å². The van der Waals surface area contributed by atoms with Crippen LogP contribution in [0.2, 0.25) is 0 Å². The number of carboxylic acid groups (broad SMARTS) is 1. The average Bonchev–Trinajstić information content (AvgIpc) is 2.90. The number of carbonyl (C=O) groups excluding carboxylic acids is 2. The van der Waals surface area contributed by atoms with E-state index in [0.29, 0.717) is 25.4 Å². The van der Waals surface area contributed by atoms with Gasteiger partial charge in [0.25, 0.3) is 0 Å². The molecule has 1 aromatic rings. The van der Waals surface area contributed by atoms with Crippen molar-refractivity contribution >= 4 is 29.5 Å². The van der Waals surface area contributed by atoms with Gasteiger partial charge in [-0.3, -0.25) is 14.4 Å². The van der Waals surface area contributed by atoms with Crippen LogP contribution in [0.4, 0.5) is 0 Å². The quantitative estimate of drug-likeness (QED) is 0.690. The summed E-state index contributed by atoms with van der Waals surface area (Å²) in [6.45, 7) is 3.39. The number of thioether (sulfide) groups is 1. The molecule has 0 bridgehead atoms. The van der Waals surface area contributed by atoms with Crippen LogP contribution in [-0.2, 0) is 20.9 Å². The normalized spacial score (nSPS) is 17.1. The predicted molar refractivity (Wildman–Crippen MR) is 92.7 cm³/mol. The van der Waals surface area contributed by atoms with Crippen LogP contribution in [-0.4, -0.2) is 52.4 Å². The second-order valence-corrected chi connectivity index (χ2v) is 7.00. The van der Waals surface area contributed by atoms with Crippen molar-refractivity contribution in [3.8, 4) is 0 Å². The lowest BCUT2D eigenvalue weighted by Gasteiger charge is -2.17. The van der Waals surface area contributed by atoms with Gasteiger partial charge in [-0.1, -0.05) is 29.8 Å². The molecule has 130 valence electrons. The monoisotopic (exact) mass is 350 g/mol. The number of benzene rings is 1. The van der Waals surface area contributed by atoms with Crippen LogP contribution in [0.15, 0.2) is 24.3 Å². The molecule has 0 spiro atoms. The number of carboxylic acids is 1. The molecule has 1 fully saturated rings. The number of nitrogens with one attached hydrogen (secondary N) is 1. The molecule has 7 heteroatoms. The van der Waals surface area contributed by atoms with Crippen LogP contribution in [0.3, 0.4) is 0 Å². The van der Waals surface area contributed by atoms with E-state index in [1.807, 2.05) is 31.2 Å². The van der Waals surface area contributed by atoms with Gasteiger partial charge in [-0.25, -0.2) is 0 Å². The first-order chi connectivity index (χ1) is 11.5. The first-order valence-corrected chi connectivity index (χ1v) is 9.01. The van der Waals surface area contributed by atoms with Crippen LogP contribution in [0.5, 0.6) is 0 Å². The summed E-state index contributed by atoms with van der Waals surface area (Å²) >= 11 is 1.26. The van der Waals surface area contributed by atoms with E-state index in [9.17, 15) is 14.4 Å². The molecule has 1 aliphatic rings. The van der Waals surface area contributed by atoms with E-state index >= 15 is 0 Å². The molecule has 2 N–H and O–H groups in total. The van der Waals surface area contributed by atoms with E-state index in [-0.39, 0.29) is 29.9 Å². The lowest BCUT2D eigenvalue weighted by molar-refractivity contribution is -0.134. The standard InChI is InChI=1S/C17H22N2O4S/c1-12-2-4-13(5-3-12)9-19-10-14(8-15(19)20)17(23)18-6-7-24-11-16(21)22/h2-5,14H,6-11H2,1H3,(H,18,23)(H,21,22). The molecule has 1 saturated heterocycles. The maximum atomic E-state index is 12.1. The fourth-order valence-corrected chi connectivity index (χ4v) is 3.13. The Hall–Kier alpha value is -2.02. The molecule has 0 aromatic heterocycles. The number of aliphatic carboxylic acids is 1. The lowest BCUT2D eigenvalue weighted by atomic mass is 10.1. The highest BCUT2D eigenvalue weighted by molar-refractivity contribution is 7.99. The molecule has 1 heterocycles. The van der Waals surface area contributed by atoms with E-state index in [4.69, 9.17) is 5.11 Å². The van der Waals surface area contributed by atoms with E-state index in [0.717, 1.165) is 5.56 Å². The van der Waals surface area contributed by atoms with Crippen LogP contribution < -0.4 is 5.32 Å². The Bertz CT molecular complexity index is 603. The minimum Gasteiger partial charge on any atom is -0.481 e. The second kappa shape index (κ2) is 8.73. The summed E-state index contributed by atoms with van der Waals surface area (Å²) in [7, 11) is 0. The highest BCUT2D eigenvalue weighted by Crippen LogP contribution is 2.20. The van der Waals surface area contributed by atoms with Gasteiger partial charge in [-0.05, 0) is 12.5 Å². The molecule has 0 radical (unpaired) electrons. The summed E-state index contributed by atoms with van der Waals surface area (Å²) in [5.74, 6) is -0.748. The van der Waals surface area contributed by atoms with Gasteiger partial charge >= 0.3 is 5.97 Å². The number of amides is 2. The summed E-state index contributed by atoms with van der Waals surface area (Å²) in [5.41, 5.74) is 2.23. The zero-order valence-electron chi connectivity index (χ0n) is 13.7. The van der Waals surface area contributed by atoms with Crippen molar-refractivity contribution in [1.82, 2.24) is 10.2 Å². The fourth-order valence-electron chi connectivity index (χ4n) is 2.56. The van der Waals surface area contributed by atoms with E-state index in [1.165, 1.54) is 17.3 Å². The maximum Gasteiger partial charge on any atom is 0.313 e. The Morgan fingerprint density at radius 1 is 1.33 bits per heavy atom. The SMILES string of the molecule is Cc1ccc(CN2CC(C(=O)NCCSCC(=O)O)CC2=O)cc1. The zero-order valence-corrected chi connectivity index (χ0v) is 14.5. The molecule has 1 aliphatic heterocycles. The molecule has 24 heavy (non-hydrogen) atoms. The molecule has 1 unspecified atom stereocenters. The molecular weight excluding hydrogens is 328 g/mol. The molecule has 1 atom stereocenters. The molecule has 0 saturated carbocycles. The minimum absolute atomic E-state index is 0.00372. The van der Waals surface area contributed by atoms with Crippen molar-refractivity contribution in [2.45, 2.75) is 19.9 Å². The molecular formula is C17H22N2O4S. The smallest absolute Gasteiger partial charge is 0.313 e. The van der Waals surface area contributed by atoms with Crippen molar-refractivity contribution in [3.05, 3.63) is 35.4 Å². The fraction of sp³-hybridized carbons (Fsp3) is 0.471. The van der Waals surface area contributed by atoms with Gasteiger partial charge in [0.05, 0.1) is 11.7 Å². The molecule has 2 amide bonds. The number of hydrogen-bond acceptors (Lipinski definition) is 4. The summed E-state index contributed by atoms with van der Waals surface area (Å²) in [6, 6.07) is 8.01. The Labute approximate surface area is 145 Å². The molecule has 2 rings (SSSR count). The van der Waals surface area contributed by atoms with Gasteiger partial charge in [0.1, 0.15) is 0 Å². The van der Waals surface area contributed by atoms with Gasteiger partial charge in [0.2, 0.25) is 11.8 Å². The van der Waals surface area contributed by atoms with Crippen molar-refractivity contribution < 1.29 is 19.5 Å². The third-order valence-electron chi connectivity index (χ3n) is 3.85. The summed E-state index contributed by atoms with van der Waals surface area (Å²) in [5, 5.41) is 11.3. The minimum atomic E-state index is -0.862. The third kappa shape index (κ3) is 5.56. The van der Waals surface area contributed by atoms with E-state index in [1.54, 1.807) is 4.90 Å². The zero-order chi connectivity index (χ0) is 17.5. The first-order valence-electron chi connectivity index (χ1n) is 7.86. The summed E-state index contributed by atoms with van der Waals surface area (Å²) in [6.07, 6.45) is 0.236. The third-order valence-corrected chi connectivity index (χ3v) is 4.79. The summed E-state index contributed by atoms with van der Waals surface area (Å²) < 4.78 is 0. The lowest BCUT2D eigenvalue weighted by Crippen LogP contribution is -2.34. The van der Waals surface area contributed by atoms with Crippen molar-refractivity contribution in [2.24, 2.45) is 5.92 Å². The Balaban J connectivity index is 1.75. The highest BCUT2D eigenvalue weighted by Gasteiger charge is 2.33. The number of hydrogen-bond donors (Lipinski definition) is 2. The summed E-state index contributed by atoms with van der Waals surface area (Å²) in [4.78, 5) is 36.3. The van der Waals surface area contributed by atoms with E-state index in [2.05, 4.69) is 5.32 Å². The number of aryl methyl sites for hydroxylation is 1. The van der Waals surface area contributed by atoms with Gasteiger partial charge in [-0.2, -0.15) is 0 Å². The molecule has 1 aromatic carbocycles. The van der Waals surface area contributed by atoms with Gasteiger partial charge in [0, 0.05) is 31.8 Å². The average molecular weight is 350 g/mol. The van der Waals surface area contributed by atoms with Crippen LogP contribution in [0, 0.1) is 12.8 Å². The highest BCUT2D eigenvalue weighted by atomic mass is 32.2. The second-order valence-electron chi connectivity index (χ2n) is 5.90. The number of likely N-dealkylation sites (tertiary alicyclic amines) is 1. The topological polar surface area (TPSA) is 86.7 Å². The number of carbonyl (C=O) groups is 3.